The maximum Gasteiger partial charge on any atom is 0.131 e. The van der Waals surface area contributed by atoms with Crippen LogP contribution < -0.4 is 5.32 Å². The molecular formula is C15H24ClN5O. The Morgan fingerprint density at radius 3 is 2.64 bits per heavy atom. The molecule has 1 unspecified atom stereocenters. The normalized spacial score (nSPS) is 14.5. The maximum atomic E-state index is 10.6. The number of hydrogen-bond acceptors (Lipinski definition) is 4. The molecule has 2 aromatic heterocycles. The highest BCUT2D eigenvalue weighted by Crippen LogP contribution is 2.25. The van der Waals surface area contributed by atoms with Crippen LogP contribution in [0.2, 0.25) is 5.15 Å². The Morgan fingerprint density at radius 2 is 2.09 bits per heavy atom. The molecule has 2 N–H and O–H groups in total. The summed E-state index contributed by atoms with van der Waals surface area (Å²) < 4.78 is 3.37. The summed E-state index contributed by atoms with van der Waals surface area (Å²) in [5.41, 5.74) is 1.77. The van der Waals surface area contributed by atoms with E-state index in [1.165, 1.54) is 0 Å². The van der Waals surface area contributed by atoms with Crippen LogP contribution in [-0.2, 0) is 26.2 Å². The lowest BCUT2D eigenvalue weighted by molar-refractivity contribution is 0.0566. The van der Waals surface area contributed by atoms with Crippen molar-refractivity contribution in [2.24, 2.45) is 14.1 Å². The van der Waals surface area contributed by atoms with Crippen LogP contribution in [0.3, 0.4) is 0 Å². The molecule has 122 valence electrons. The summed E-state index contributed by atoms with van der Waals surface area (Å²) in [5.74, 6) is 0.300. The van der Waals surface area contributed by atoms with Crippen molar-refractivity contribution in [3.05, 3.63) is 34.4 Å². The average Bonchev–Trinajstić information content (AvgIpc) is 2.98. The van der Waals surface area contributed by atoms with Crippen LogP contribution in [0.4, 0.5) is 0 Å². The molecule has 2 rings (SSSR count). The minimum Gasteiger partial charge on any atom is -0.384 e. The van der Waals surface area contributed by atoms with E-state index >= 15 is 0 Å². The molecule has 7 heteroatoms. The number of nitrogens with zero attached hydrogens (tertiary/aromatic N) is 4. The van der Waals surface area contributed by atoms with Crippen molar-refractivity contribution in [2.75, 3.05) is 6.54 Å². The Bertz CT molecular complexity index is 644. The molecule has 0 spiro atoms. The standard InChI is InChI=1S/C15H24ClN5O/c1-10(2)13-12(14(16)21(5)19-13)7-17-9-15(3,22)11-6-18-20(4)8-11/h6,8,10,17,22H,7,9H2,1-5H3. The van der Waals surface area contributed by atoms with Crippen molar-refractivity contribution in [3.8, 4) is 0 Å². The predicted octanol–water partition coefficient (Wildman–Crippen LogP) is 1.93. The molecule has 22 heavy (non-hydrogen) atoms. The zero-order valence-electron chi connectivity index (χ0n) is 13.8. The van der Waals surface area contributed by atoms with Gasteiger partial charge in [-0.2, -0.15) is 10.2 Å². The third-order valence-corrected chi connectivity index (χ3v) is 4.22. The van der Waals surface area contributed by atoms with Crippen molar-refractivity contribution in [1.29, 1.82) is 0 Å². The Balaban J connectivity index is 2.05. The van der Waals surface area contributed by atoms with Gasteiger partial charge in [-0.1, -0.05) is 25.4 Å². The number of rotatable bonds is 6. The Morgan fingerprint density at radius 1 is 1.41 bits per heavy atom. The van der Waals surface area contributed by atoms with E-state index in [0.29, 0.717) is 24.2 Å². The van der Waals surface area contributed by atoms with Gasteiger partial charge in [-0.25, -0.2) is 0 Å². The first-order valence-corrected chi connectivity index (χ1v) is 7.73. The summed E-state index contributed by atoms with van der Waals surface area (Å²) in [6.07, 6.45) is 3.50. The Hall–Kier alpha value is -1.37. The number of halogens is 1. The fraction of sp³-hybridized carbons (Fsp3) is 0.600. The van der Waals surface area contributed by atoms with Crippen LogP contribution in [-0.4, -0.2) is 31.2 Å². The highest BCUT2D eigenvalue weighted by atomic mass is 35.5. The van der Waals surface area contributed by atoms with E-state index in [1.54, 1.807) is 22.5 Å². The van der Waals surface area contributed by atoms with Crippen LogP contribution >= 0.6 is 11.6 Å². The lowest BCUT2D eigenvalue weighted by Gasteiger charge is -2.22. The average molecular weight is 326 g/mol. The number of aliphatic hydroxyl groups is 1. The zero-order chi connectivity index (χ0) is 16.5. The zero-order valence-corrected chi connectivity index (χ0v) is 14.5. The summed E-state index contributed by atoms with van der Waals surface area (Å²) in [7, 11) is 3.67. The summed E-state index contributed by atoms with van der Waals surface area (Å²) in [6, 6.07) is 0. The monoisotopic (exact) mass is 325 g/mol. The summed E-state index contributed by atoms with van der Waals surface area (Å²) in [6.45, 7) is 6.92. The molecule has 0 fully saturated rings. The van der Waals surface area contributed by atoms with Gasteiger partial charge in [0.25, 0.3) is 0 Å². The van der Waals surface area contributed by atoms with Crippen molar-refractivity contribution in [1.82, 2.24) is 24.9 Å². The van der Waals surface area contributed by atoms with Crippen molar-refractivity contribution in [3.63, 3.8) is 0 Å². The van der Waals surface area contributed by atoms with Gasteiger partial charge in [0.1, 0.15) is 10.8 Å². The molecule has 0 aliphatic heterocycles. The molecular weight excluding hydrogens is 302 g/mol. The fourth-order valence-electron chi connectivity index (χ4n) is 2.43. The minimum absolute atomic E-state index is 0.300. The maximum absolute atomic E-state index is 10.6. The van der Waals surface area contributed by atoms with Gasteiger partial charge >= 0.3 is 0 Å². The topological polar surface area (TPSA) is 67.9 Å². The van der Waals surface area contributed by atoms with Gasteiger partial charge in [0.05, 0.1) is 11.9 Å². The van der Waals surface area contributed by atoms with Gasteiger partial charge in [-0.3, -0.25) is 9.36 Å². The molecule has 0 bridgehead atoms. The molecule has 0 aromatic carbocycles. The third-order valence-electron chi connectivity index (χ3n) is 3.74. The first kappa shape index (κ1) is 17.0. The number of aromatic nitrogens is 4. The fourth-order valence-corrected chi connectivity index (χ4v) is 2.63. The smallest absolute Gasteiger partial charge is 0.131 e. The second-order valence-electron chi connectivity index (χ2n) is 6.21. The van der Waals surface area contributed by atoms with E-state index < -0.39 is 5.60 Å². The molecule has 1 atom stereocenters. The second kappa shape index (κ2) is 6.40. The van der Waals surface area contributed by atoms with Gasteiger partial charge < -0.3 is 10.4 Å². The third kappa shape index (κ3) is 3.51. The van der Waals surface area contributed by atoms with Gasteiger partial charge in [-0.05, 0) is 12.8 Å². The molecule has 0 saturated heterocycles. The number of aryl methyl sites for hydroxylation is 2. The van der Waals surface area contributed by atoms with Crippen molar-refractivity contribution >= 4 is 11.6 Å². The lowest BCUT2D eigenvalue weighted by atomic mass is 9.99. The molecule has 0 radical (unpaired) electrons. The SMILES string of the molecule is CC(C)c1nn(C)c(Cl)c1CNCC(C)(O)c1cnn(C)c1. The molecule has 2 aromatic rings. The van der Waals surface area contributed by atoms with E-state index in [9.17, 15) is 5.11 Å². The van der Waals surface area contributed by atoms with E-state index in [-0.39, 0.29) is 0 Å². The quantitative estimate of drug-likeness (QED) is 0.851. The Kier molecular flexibility index (Phi) is 4.94. The van der Waals surface area contributed by atoms with Crippen LogP contribution in [0.1, 0.15) is 43.5 Å². The number of nitrogens with one attached hydrogen (secondary N) is 1. The first-order valence-electron chi connectivity index (χ1n) is 7.36. The van der Waals surface area contributed by atoms with E-state index in [0.717, 1.165) is 16.8 Å². The van der Waals surface area contributed by atoms with E-state index in [1.807, 2.05) is 20.3 Å². The predicted molar refractivity (Wildman–Crippen MR) is 86.8 cm³/mol. The van der Waals surface area contributed by atoms with Gasteiger partial charge in [0.2, 0.25) is 0 Å². The van der Waals surface area contributed by atoms with E-state index in [2.05, 4.69) is 29.4 Å². The highest BCUT2D eigenvalue weighted by Gasteiger charge is 2.25. The summed E-state index contributed by atoms with van der Waals surface area (Å²) in [4.78, 5) is 0. The molecule has 0 aliphatic rings. The van der Waals surface area contributed by atoms with Crippen molar-refractivity contribution in [2.45, 2.75) is 38.8 Å². The van der Waals surface area contributed by atoms with Crippen LogP contribution in [0.5, 0.6) is 0 Å². The van der Waals surface area contributed by atoms with E-state index in [4.69, 9.17) is 11.6 Å². The van der Waals surface area contributed by atoms with Crippen molar-refractivity contribution < 1.29 is 5.11 Å². The summed E-state index contributed by atoms with van der Waals surface area (Å²) in [5, 5.41) is 23.0. The molecule has 0 aliphatic carbocycles. The number of hydrogen-bond donors (Lipinski definition) is 2. The lowest BCUT2D eigenvalue weighted by Crippen LogP contribution is -2.35. The minimum atomic E-state index is -0.985. The largest absolute Gasteiger partial charge is 0.384 e. The first-order chi connectivity index (χ1) is 10.2. The molecule has 0 saturated carbocycles. The highest BCUT2D eigenvalue weighted by molar-refractivity contribution is 6.30. The van der Waals surface area contributed by atoms with Crippen LogP contribution in [0.25, 0.3) is 0 Å². The molecule has 0 amide bonds. The van der Waals surface area contributed by atoms with Crippen LogP contribution in [0.15, 0.2) is 12.4 Å². The summed E-state index contributed by atoms with van der Waals surface area (Å²) >= 11 is 6.31. The van der Waals surface area contributed by atoms with Gasteiger partial charge in [0, 0.05) is 44.5 Å². The second-order valence-corrected chi connectivity index (χ2v) is 6.57. The Labute approximate surface area is 136 Å². The molecule has 6 nitrogen and oxygen atoms in total. The van der Waals surface area contributed by atoms with Crippen LogP contribution in [0, 0.1) is 0 Å². The van der Waals surface area contributed by atoms with Gasteiger partial charge in [-0.15, -0.1) is 0 Å². The molecule has 2 heterocycles. The van der Waals surface area contributed by atoms with Gasteiger partial charge in [0.15, 0.2) is 0 Å².